The minimum absolute atomic E-state index is 0.00514. The molecule has 0 saturated carbocycles. The Kier molecular flexibility index (Phi) is 8.02. The van der Waals surface area contributed by atoms with Crippen molar-refractivity contribution in [1.29, 1.82) is 0 Å². The topological polar surface area (TPSA) is 72.6 Å². The molecular weight excluding hydrogens is 562 g/mol. The lowest BCUT2D eigenvalue weighted by Crippen LogP contribution is -2.50. The molecule has 2 aromatic carbocycles. The van der Waals surface area contributed by atoms with Gasteiger partial charge in [0, 0.05) is 37.4 Å². The number of piperidine rings is 2. The SMILES string of the molecule is COc1cccn(C(C)C(=O)N2CCC(CCN3[C@@H]4CC[C@H]3CC(n3c(C)nc5ccccc53)C4)(c3ccccc3)CC2)c1=O. The van der Waals surface area contributed by atoms with Crippen molar-refractivity contribution in [3.05, 3.63) is 94.7 Å². The highest BCUT2D eigenvalue weighted by atomic mass is 16.5. The van der Waals surface area contributed by atoms with Crippen LogP contribution in [-0.2, 0) is 10.2 Å². The van der Waals surface area contributed by atoms with E-state index in [4.69, 9.17) is 9.72 Å². The molecule has 2 aromatic heterocycles. The number of imidazole rings is 1. The number of likely N-dealkylation sites (tertiary alicyclic amines) is 1. The molecule has 5 heterocycles. The molecule has 3 saturated heterocycles. The summed E-state index contributed by atoms with van der Waals surface area (Å²) in [5.74, 6) is 1.38. The number of hydrogen-bond donors (Lipinski definition) is 0. The van der Waals surface area contributed by atoms with Crippen LogP contribution >= 0.6 is 0 Å². The number of pyridine rings is 1. The van der Waals surface area contributed by atoms with Crippen LogP contribution < -0.4 is 10.3 Å². The largest absolute Gasteiger partial charge is 0.491 e. The van der Waals surface area contributed by atoms with E-state index in [1.165, 1.54) is 48.4 Å². The molecule has 2 bridgehead atoms. The quantitative estimate of drug-likeness (QED) is 0.250. The van der Waals surface area contributed by atoms with E-state index in [1.54, 1.807) is 18.3 Å². The molecule has 236 valence electrons. The zero-order chi connectivity index (χ0) is 31.1. The summed E-state index contributed by atoms with van der Waals surface area (Å²) in [7, 11) is 1.48. The van der Waals surface area contributed by atoms with Gasteiger partial charge in [0.1, 0.15) is 11.9 Å². The van der Waals surface area contributed by atoms with Gasteiger partial charge in [-0.25, -0.2) is 4.98 Å². The maximum absolute atomic E-state index is 13.6. The van der Waals surface area contributed by atoms with Gasteiger partial charge in [0.15, 0.2) is 5.75 Å². The zero-order valence-electron chi connectivity index (χ0n) is 26.8. The van der Waals surface area contributed by atoms with Gasteiger partial charge < -0.3 is 18.8 Å². The normalized spacial score (nSPS) is 23.7. The van der Waals surface area contributed by atoms with Crippen LogP contribution in [0.5, 0.6) is 5.75 Å². The fourth-order valence-corrected chi connectivity index (χ4v) is 8.75. The standard InChI is InChI=1S/C37H45N5O3/c1-26(40-20-9-14-34(45-3)36(40)44)35(43)39-21-17-37(18-22-39,28-10-5-4-6-11-28)19-23-41-29-15-16-30(41)25-31(24-29)42-27(2)38-32-12-7-8-13-33(32)42/h4-14,20,26,29-31H,15-19,21-25H2,1-3H3/t26?,29-,30+,31?. The summed E-state index contributed by atoms with van der Waals surface area (Å²) in [4.78, 5) is 36.1. The van der Waals surface area contributed by atoms with E-state index in [2.05, 4.69) is 71.0 Å². The molecule has 0 N–H and O–H groups in total. The summed E-state index contributed by atoms with van der Waals surface area (Å²) >= 11 is 0. The number of carbonyl (C=O) groups is 1. The van der Waals surface area contributed by atoms with Gasteiger partial charge in [-0.2, -0.15) is 0 Å². The molecule has 4 aromatic rings. The Morgan fingerprint density at radius 3 is 2.36 bits per heavy atom. The van der Waals surface area contributed by atoms with E-state index in [0.717, 1.165) is 37.1 Å². The van der Waals surface area contributed by atoms with E-state index in [1.807, 2.05) is 11.8 Å². The predicted molar refractivity (Wildman–Crippen MR) is 177 cm³/mol. The summed E-state index contributed by atoms with van der Waals surface area (Å²) in [5.41, 5.74) is 3.51. The highest BCUT2D eigenvalue weighted by Crippen LogP contribution is 2.45. The van der Waals surface area contributed by atoms with Crippen molar-refractivity contribution in [2.24, 2.45) is 0 Å². The fourth-order valence-electron chi connectivity index (χ4n) is 8.75. The Hall–Kier alpha value is -3.91. The predicted octanol–water partition coefficient (Wildman–Crippen LogP) is 5.89. The summed E-state index contributed by atoms with van der Waals surface area (Å²) in [6.07, 6.45) is 9.53. The monoisotopic (exact) mass is 607 g/mol. The molecule has 8 heteroatoms. The van der Waals surface area contributed by atoms with E-state index in [0.29, 0.717) is 31.2 Å². The molecule has 45 heavy (non-hydrogen) atoms. The summed E-state index contributed by atoms with van der Waals surface area (Å²) < 4.78 is 9.22. The van der Waals surface area contributed by atoms with Crippen molar-refractivity contribution < 1.29 is 9.53 Å². The average Bonchev–Trinajstić information content (AvgIpc) is 3.54. The first-order chi connectivity index (χ1) is 21.9. The van der Waals surface area contributed by atoms with Crippen LogP contribution in [0.4, 0.5) is 0 Å². The lowest BCUT2D eigenvalue weighted by molar-refractivity contribution is -0.136. The lowest BCUT2D eigenvalue weighted by Gasteiger charge is -2.46. The number of nitrogens with zero attached hydrogens (tertiary/aromatic N) is 5. The maximum atomic E-state index is 13.6. The number of para-hydroxylation sites is 2. The van der Waals surface area contributed by atoms with Gasteiger partial charge >= 0.3 is 0 Å². The molecule has 2 unspecified atom stereocenters. The first-order valence-electron chi connectivity index (χ1n) is 16.7. The molecule has 3 aliphatic rings. The number of fused-ring (bicyclic) bond motifs is 3. The summed E-state index contributed by atoms with van der Waals surface area (Å²) in [5, 5.41) is 0. The van der Waals surface area contributed by atoms with Crippen LogP contribution in [0.1, 0.15) is 75.3 Å². The van der Waals surface area contributed by atoms with Gasteiger partial charge in [-0.3, -0.25) is 14.5 Å². The van der Waals surface area contributed by atoms with Crippen LogP contribution in [0.15, 0.2) is 77.7 Å². The average molecular weight is 608 g/mol. The molecule has 0 aliphatic carbocycles. The molecule has 3 fully saturated rings. The molecule has 7 rings (SSSR count). The lowest BCUT2D eigenvalue weighted by atomic mass is 9.70. The van der Waals surface area contributed by atoms with E-state index in [9.17, 15) is 9.59 Å². The number of rotatable bonds is 8. The third-order valence-electron chi connectivity index (χ3n) is 11.2. The Morgan fingerprint density at radius 1 is 0.956 bits per heavy atom. The number of ether oxygens (including phenoxy) is 1. The van der Waals surface area contributed by atoms with Crippen molar-refractivity contribution in [3.8, 4) is 5.75 Å². The van der Waals surface area contributed by atoms with Crippen molar-refractivity contribution in [2.75, 3.05) is 26.7 Å². The number of aromatic nitrogens is 3. The van der Waals surface area contributed by atoms with Crippen molar-refractivity contribution in [1.82, 2.24) is 23.9 Å². The molecule has 4 atom stereocenters. The van der Waals surface area contributed by atoms with Crippen LogP contribution in [0, 0.1) is 6.92 Å². The van der Waals surface area contributed by atoms with E-state index < -0.39 is 6.04 Å². The Balaban J connectivity index is 1.05. The Bertz CT molecular complexity index is 1710. The highest BCUT2D eigenvalue weighted by molar-refractivity contribution is 5.80. The van der Waals surface area contributed by atoms with Crippen molar-refractivity contribution in [2.45, 2.75) is 88.4 Å². The number of hydrogen-bond acceptors (Lipinski definition) is 5. The van der Waals surface area contributed by atoms with E-state index >= 15 is 0 Å². The number of carbonyl (C=O) groups excluding carboxylic acids is 1. The third kappa shape index (κ3) is 5.37. The van der Waals surface area contributed by atoms with Crippen LogP contribution in [0.25, 0.3) is 11.0 Å². The van der Waals surface area contributed by atoms with Gasteiger partial charge in [-0.15, -0.1) is 0 Å². The minimum Gasteiger partial charge on any atom is -0.491 e. The molecule has 3 aliphatic heterocycles. The minimum atomic E-state index is -0.579. The maximum Gasteiger partial charge on any atom is 0.293 e. The Labute approximate surface area is 265 Å². The summed E-state index contributed by atoms with van der Waals surface area (Å²) in [6.45, 7) is 6.45. The highest BCUT2D eigenvalue weighted by Gasteiger charge is 2.44. The molecule has 8 nitrogen and oxygen atoms in total. The first-order valence-corrected chi connectivity index (χ1v) is 16.7. The molecule has 1 amide bonds. The summed E-state index contributed by atoms with van der Waals surface area (Å²) in [6, 6.07) is 24.0. The van der Waals surface area contributed by atoms with Gasteiger partial charge in [-0.1, -0.05) is 42.5 Å². The molecule has 0 radical (unpaired) electrons. The number of methoxy groups -OCH3 is 1. The molecule has 0 spiro atoms. The third-order valence-corrected chi connectivity index (χ3v) is 11.2. The van der Waals surface area contributed by atoms with E-state index in [-0.39, 0.29) is 22.6 Å². The molecular formula is C37H45N5O3. The number of benzene rings is 2. The van der Waals surface area contributed by atoms with Gasteiger partial charge in [0.2, 0.25) is 5.91 Å². The van der Waals surface area contributed by atoms with Crippen molar-refractivity contribution >= 4 is 16.9 Å². The Morgan fingerprint density at radius 2 is 1.64 bits per heavy atom. The van der Waals surface area contributed by atoms with Gasteiger partial charge in [0.05, 0.1) is 18.1 Å². The number of amides is 1. The second kappa shape index (κ2) is 12.1. The smallest absolute Gasteiger partial charge is 0.293 e. The van der Waals surface area contributed by atoms with Crippen molar-refractivity contribution in [3.63, 3.8) is 0 Å². The van der Waals surface area contributed by atoms with Crippen LogP contribution in [0.2, 0.25) is 0 Å². The van der Waals surface area contributed by atoms with Crippen LogP contribution in [0.3, 0.4) is 0 Å². The number of aryl methyl sites for hydroxylation is 1. The second-order valence-corrected chi connectivity index (χ2v) is 13.5. The first kappa shape index (κ1) is 29.8. The van der Waals surface area contributed by atoms with Gasteiger partial charge in [-0.05, 0) is 101 Å². The second-order valence-electron chi connectivity index (χ2n) is 13.5. The zero-order valence-corrected chi connectivity index (χ0v) is 26.8. The van der Waals surface area contributed by atoms with Crippen LogP contribution in [-0.4, -0.2) is 68.7 Å². The van der Waals surface area contributed by atoms with Gasteiger partial charge in [0.25, 0.3) is 5.56 Å². The fraction of sp³-hybridized carbons (Fsp3) is 0.486.